The fourth-order valence-electron chi connectivity index (χ4n) is 4.05. The number of benzene rings is 2. The Kier molecular flexibility index (Phi) is 9.33. The Balaban J connectivity index is 1.69. The summed E-state index contributed by atoms with van der Waals surface area (Å²) in [5.41, 5.74) is 1.80. The molecule has 1 fully saturated rings. The van der Waals surface area contributed by atoms with Crippen molar-refractivity contribution in [3.63, 3.8) is 0 Å². The van der Waals surface area contributed by atoms with Gasteiger partial charge in [0.1, 0.15) is 12.4 Å². The number of carbonyl (C=O) groups is 3. The number of nitrogens with zero attached hydrogens (tertiary/aromatic N) is 2. The Morgan fingerprint density at radius 2 is 1.79 bits per heavy atom. The van der Waals surface area contributed by atoms with Crippen LogP contribution in [-0.4, -0.2) is 52.4 Å². The Labute approximate surface area is 209 Å². The fraction of sp³-hybridized carbons (Fsp3) is 0.400. The van der Waals surface area contributed by atoms with Crippen molar-refractivity contribution in [3.8, 4) is 5.75 Å². The summed E-state index contributed by atoms with van der Waals surface area (Å²) in [6, 6.07) is 12.4. The normalized spacial score (nSPS) is 14.6. The molecule has 9 heteroatoms. The number of rotatable bonds is 12. The zero-order chi connectivity index (χ0) is 24.7. The van der Waals surface area contributed by atoms with E-state index >= 15 is 0 Å². The highest BCUT2D eigenvalue weighted by atomic mass is 35.5. The van der Waals surface area contributed by atoms with Gasteiger partial charge in [0.2, 0.25) is 11.8 Å². The summed E-state index contributed by atoms with van der Waals surface area (Å²) in [5, 5.41) is 10.5. The van der Waals surface area contributed by atoms with Crippen molar-refractivity contribution in [1.29, 1.82) is 0 Å². The first-order valence-electron chi connectivity index (χ1n) is 11.2. The maximum Gasteiger partial charge on any atom is 0.305 e. The summed E-state index contributed by atoms with van der Waals surface area (Å²) in [4.78, 5) is 38.4. The fourth-order valence-corrected chi connectivity index (χ4v) is 4.44. The van der Waals surface area contributed by atoms with Gasteiger partial charge in [-0.15, -0.1) is 0 Å². The van der Waals surface area contributed by atoms with Crippen LogP contribution >= 0.6 is 23.2 Å². The van der Waals surface area contributed by atoms with Crippen molar-refractivity contribution < 1.29 is 24.2 Å². The zero-order valence-corrected chi connectivity index (χ0v) is 20.5. The number of imide groups is 1. The minimum atomic E-state index is -0.877. The molecule has 0 radical (unpaired) electrons. The van der Waals surface area contributed by atoms with Crippen LogP contribution in [0.2, 0.25) is 10.0 Å². The molecule has 0 spiro atoms. The number of carbonyl (C=O) groups excluding carboxylic acids is 2. The van der Waals surface area contributed by atoms with Crippen molar-refractivity contribution in [2.45, 2.75) is 45.2 Å². The molecule has 34 heavy (non-hydrogen) atoms. The second-order valence-corrected chi connectivity index (χ2v) is 9.03. The molecule has 0 bridgehead atoms. The van der Waals surface area contributed by atoms with Crippen molar-refractivity contribution in [2.24, 2.45) is 0 Å². The lowest BCUT2D eigenvalue weighted by Gasteiger charge is -2.31. The number of likely N-dealkylation sites (tertiary alicyclic amines) is 1. The molecule has 2 amide bonds. The third-order valence-electron chi connectivity index (χ3n) is 5.68. The molecular formula is C25H28Cl2N2O5. The summed E-state index contributed by atoms with van der Waals surface area (Å²) in [6.07, 6.45) is 1.32. The van der Waals surface area contributed by atoms with Crippen molar-refractivity contribution >= 4 is 41.0 Å². The van der Waals surface area contributed by atoms with E-state index in [9.17, 15) is 19.5 Å². The monoisotopic (exact) mass is 506 g/mol. The first kappa shape index (κ1) is 26.0. The molecule has 0 aliphatic carbocycles. The Morgan fingerprint density at radius 1 is 1.12 bits per heavy atom. The van der Waals surface area contributed by atoms with Gasteiger partial charge in [-0.3, -0.25) is 24.2 Å². The van der Waals surface area contributed by atoms with Gasteiger partial charge in [-0.2, -0.15) is 0 Å². The number of carboxylic acids is 1. The highest BCUT2D eigenvalue weighted by molar-refractivity contribution is 6.32. The van der Waals surface area contributed by atoms with Crippen LogP contribution in [0.15, 0.2) is 42.5 Å². The van der Waals surface area contributed by atoms with Gasteiger partial charge < -0.3 is 9.84 Å². The van der Waals surface area contributed by atoms with Gasteiger partial charge in [0, 0.05) is 30.5 Å². The molecule has 2 aromatic carbocycles. The molecule has 2 aromatic rings. The number of ether oxygens (including phenoxy) is 1. The zero-order valence-electron chi connectivity index (χ0n) is 19.0. The molecule has 0 saturated carbocycles. The summed E-state index contributed by atoms with van der Waals surface area (Å²) in [6.45, 7) is 3.61. The third kappa shape index (κ3) is 6.95. The van der Waals surface area contributed by atoms with Crippen molar-refractivity contribution in [2.75, 3.05) is 19.7 Å². The number of carboxylic acid groups (broad SMARTS) is 1. The van der Waals surface area contributed by atoms with Gasteiger partial charge in [0.15, 0.2) is 0 Å². The Hall–Kier alpha value is -2.61. The lowest BCUT2D eigenvalue weighted by molar-refractivity contribution is -0.140. The van der Waals surface area contributed by atoms with Crippen LogP contribution in [0.5, 0.6) is 5.75 Å². The second kappa shape index (κ2) is 12.2. The number of hydrogen-bond acceptors (Lipinski definition) is 5. The van der Waals surface area contributed by atoms with E-state index in [1.165, 1.54) is 4.90 Å². The summed E-state index contributed by atoms with van der Waals surface area (Å²) in [5.74, 6) is -0.769. The number of halogens is 2. The largest absolute Gasteiger partial charge is 0.490 e. The van der Waals surface area contributed by atoms with Crippen LogP contribution in [0.4, 0.5) is 0 Å². The molecule has 1 atom stereocenters. The first-order valence-corrected chi connectivity index (χ1v) is 12.0. The predicted octanol–water partition coefficient (Wildman–Crippen LogP) is 4.95. The molecule has 7 nitrogen and oxygen atoms in total. The quantitative estimate of drug-likeness (QED) is 0.409. The first-order chi connectivity index (χ1) is 16.3. The van der Waals surface area contributed by atoms with E-state index in [0.29, 0.717) is 28.9 Å². The number of amides is 2. The molecule has 1 aliphatic rings. The van der Waals surface area contributed by atoms with Crippen LogP contribution in [0.1, 0.15) is 49.8 Å². The maximum absolute atomic E-state index is 11.7. The van der Waals surface area contributed by atoms with E-state index in [-0.39, 0.29) is 50.3 Å². The van der Waals surface area contributed by atoms with E-state index in [4.69, 9.17) is 27.9 Å². The summed E-state index contributed by atoms with van der Waals surface area (Å²) in [7, 11) is 0. The van der Waals surface area contributed by atoms with E-state index < -0.39 is 5.97 Å². The second-order valence-electron chi connectivity index (χ2n) is 8.19. The molecule has 182 valence electrons. The molecular weight excluding hydrogens is 479 g/mol. The molecule has 1 saturated heterocycles. The molecule has 1 unspecified atom stereocenters. The third-order valence-corrected chi connectivity index (χ3v) is 6.23. The average Bonchev–Trinajstić information content (AvgIpc) is 3.11. The average molecular weight is 507 g/mol. The summed E-state index contributed by atoms with van der Waals surface area (Å²) >= 11 is 12.5. The molecule has 0 aromatic heterocycles. The predicted molar refractivity (Wildman–Crippen MR) is 130 cm³/mol. The standard InChI is InChI=1S/C25H28Cl2N2O5/c1-2-11-28(21(15-25(32)33)18-4-6-19(26)7-5-18)16-17-3-8-22(20(27)14-17)34-13-12-29-23(30)9-10-24(29)31/h3-8,14,21H,2,9-13,15-16H2,1H3,(H,32,33). The molecule has 1 N–H and O–H groups in total. The van der Waals surface area contributed by atoms with E-state index in [0.717, 1.165) is 17.5 Å². The maximum atomic E-state index is 11.7. The van der Waals surface area contributed by atoms with Crippen LogP contribution in [0.25, 0.3) is 0 Å². The van der Waals surface area contributed by atoms with Gasteiger partial charge >= 0.3 is 5.97 Å². The number of aliphatic carboxylic acids is 1. The molecule has 1 heterocycles. The van der Waals surface area contributed by atoms with E-state index in [1.807, 2.05) is 25.1 Å². The molecule has 3 rings (SSSR count). The minimum Gasteiger partial charge on any atom is -0.490 e. The van der Waals surface area contributed by atoms with Gasteiger partial charge in [0.05, 0.1) is 18.0 Å². The SMILES string of the molecule is CCCN(Cc1ccc(OCCN2C(=O)CCC2=O)c(Cl)c1)C(CC(=O)O)c1ccc(Cl)cc1. The van der Waals surface area contributed by atoms with Crippen LogP contribution < -0.4 is 4.74 Å². The van der Waals surface area contributed by atoms with Gasteiger partial charge in [-0.05, 0) is 48.4 Å². The highest BCUT2D eigenvalue weighted by Gasteiger charge is 2.28. The number of hydrogen-bond donors (Lipinski definition) is 1. The van der Waals surface area contributed by atoms with Gasteiger partial charge in [-0.1, -0.05) is 48.3 Å². The van der Waals surface area contributed by atoms with Gasteiger partial charge in [-0.25, -0.2) is 0 Å². The lowest BCUT2D eigenvalue weighted by Crippen LogP contribution is -2.33. The van der Waals surface area contributed by atoms with Crippen LogP contribution in [0.3, 0.4) is 0 Å². The Morgan fingerprint density at radius 3 is 2.38 bits per heavy atom. The minimum absolute atomic E-state index is 0.0372. The highest BCUT2D eigenvalue weighted by Crippen LogP contribution is 2.30. The van der Waals surface area contributed by atoms with Crippen LogP contribution in [-0.2, 0) is 20.9 Å². The van der Waals surface area contributed by atoms with E-state index in [2.05, 4.69) is 4.90 Å². The Bertz CT molecular complexity index is 1010. The van der Waals surface area contributed by atoms with Crippen molar-refractivity contribution in [3.05, 3.63) is 63.6 Å². The smallest absolute Gasteiger partial charge is 0.305 e. The van der Waals surface area contributed by atoms with Crippen LogP contribution in [0, 0.1) is 0 Å². The topological polar surface area (TPSA) is 87.2 Å². The van der Waals surface area contributed by atoms with Crippen molar-refractivity contribution in [1.82, 2.24) is 9.80 Å². The van der Waals surface area contributed by atoms with Gasteiger partial charge in [0.25, 0.3) is 0 Å². The molecule has 1 aliphatic heterocycles. The van der Waals surface area contributed by atoms with E-state index in [1.54, 1.807) is 24.3 Å². The summed E-state index contributed by atoms with van der Waals surface area (Å²) < 4.78 is 5.70. The lowest BCUT2D eigenvalue weighted by atomic mass is 10.0.